The summed E-state index contributed by atoms with van der Waals surface area (Å²) in [5.41, 5.74) is 0.866. The topological polar surface area (TPSA) is 39.4 Å². The van der Waals surface area contributed by atoms with Gasteiger partial charge >= 0.3 is 5.63 Å². The molecule has 0 atom stereocenters. The quantitative estimate of drug-likeness (QED) is 0.456. The molecule has 0 aliphatic carbocycles. The molecule has 0 bridgehead atoms. The lowest BCUT2D eigenvalue weighted by Gasteiger charge is -2.14. The molecule has 0 spiro atoms. The summed E-state index contributed by atoms with van der Waals surface area (Å²) < 4.78 is 39.2. The van der Waals surface area contributed by atoms with Gasteiger partial charge in [0.15, 0.2) is 17.1 Å². The molecule has 27 heavy (non-hydrogen) atoms. The highest BCUT2D eigenvalue weighted by atomic mass is 19.1. The molecule has 134 valence electrons. The fraction of sp³-hybridized carbons (Fsp3) is 0.0455. The number of ether oxygens (including phenoxy) is 1. The third-order valence-corrected chi connectivity index (χ3v) is 4.38. The van der Waals surface area contributed by atoms with Crippen LogP contribution in [-0.4, -0.2) is 7.11 Å². The molecule has 4 rings (SSSR count). The van der Waals surface area contributed by atoms with E-state index < -0.39 is 23.0 Å². The van der Waals surface area contributed by atoms with Gasteiger partial charge in [-0.25, -0.2) is 9.18 Å². The van der Waals surface area contributed by atoms with E-state index in [-0.39, 0.29) is 16.5 Å². The number of hydrogen-bond donors (Lipinski definition) is 0. The first-order valence-electron chi connectivity index (χ1n) is 8.25. The Labute approximate surface area is 153 Å². The van der Waals surface area contributed by atoms with Gasteiger partial charge in [0.05, 0.1) is 12.7 Å². The van der Waals surface area contributed by atoms with Crippen LogP contribution in [0.25, 0.3) is 33.2 Å². The Morgan fingerprint density at radius 2 is 1.41 bits per heavy atom. The number of halogens is 2. The fourth-order valence-corrected chi connectivity index (χ4v) is 3.21. The molecule has 0 fully saturated rings. The summed E-state index contributed by atoms with van der Waals surface area (Å²) in [5.74, 6) is -2.49. The normalized spacial score (nSPS) is 10.9. The Hall–Kier alpha value is -3.47. The second kappa shape index (κ2) is 6.68. The van der Waals surface area contributed by atoms with E-state index in [1.54, 1.807) is 48.5 Å². The summed E-state index contributed by atoms with van der Waals surface area (Å²) in [6, 6.07) is 19.0. The smallest absolute Gasteiger partial charge is 0.344 e. The van der Waals surface area contributed by atoms with Crippen LogP contribution in [0.1, 0.15) is 0 Å². The van der Waals surface area contributed by atoms with Crippen LogP contribution in [0.3, 0.4) is 0 Å². The van der Waals surface area contributed by atoms with Gasteiger partial charge in [-0.3, -0.25) is 0 Å². The molecule has 0 aliphatic heterocycles. The van der Waals surface area contributed by atoms with Gasteiger partial charge in [0.1, 0.15) is 0 Å². The third-order valence-electron chi connectivity index (χ3n) is 4.38. The molecule has 0 saturated heterocycles. The summed E-state index contributed by atoms with van der Waals surface area (Å²) in [6.07, 6.45) is 0. The van der Waals surface area contributed by atoms with Crippen LogP contribution in [-0.2, 0) is 0 Å². The molecular formula is C22H14F2O3. The summed E-state index contributed by atoms with van der Waals surface area (Å²) in [4.78, 5) is 12.8. The molecular weight excluding hydrogens is 350 g/mol. The van der Waals surface area contributed by atoms with Crippen molar-refractivity contribution in [3.05, 3.63) is 88.8 Å². The van der Waals surface area contributed by atoms with Gasteiger partial charge in [-0.15, -0.1) is 0 Å². The molecule has 0 N–H and O–H groups in total. The Morgan fingerprint density at radius 3 is 1.96 bits per heavy atom. The first-order chi connectivity index (χ1) is 13.1. The van der Waals surface area contributed by atoms with Crippen molar-refractivity contribution in [2.24, 2.45) is 0 Å². The molecule has 0 amide bonds. The van der Waals surface area contributed by atoms with Crippen molar-refractivity contribution in [3.63, 3.8) is 0 Å². The molecule has 4 aromatic rings. The van der Waals surface area contributed by atoms with Crippen LogP contribution in [0.4, 0.5) is 8.78 Å². The van der Waals surface area contributed by atoms with Crippen molar-refractivity contribution in [2.75, 3.05) is 7.11 Å². The molecule has 1 heterocycles. The Morgan fingerprint density at radius 1 is 0.852 bits per heavy atom. The molecule has 3 nitrogen and oxygen atoms in total. The van der Waals surface area contributed by atoms with Crippen LogP contribution < -0.4 is 10.4 Å². The zero-order valence-electron chi connectivity index (χ0n) is 14.3. The van der Waals surface area contributed by atoms with Crippen molar-refractivity contribution in [3.8, 4) is 28.0 Å². The average molecular weight is 364 g/mol. The van der Waals surface area contributed by atoms with Gasteiger partial charge in [0.25, 0.3) is 0 Å². The Balaban J connectivity index is 2.22. The van der Waals surface area contributed by atoms with E-state index >= 15 is 0 Å². The SMILES string of the molecule is COc1c(F)cc2c(-c3ccccc3)c(-c3ccccc3)c(=O)oc2c1F. The highest BCUT2D eigenvalue weighted by Crippen LogP contribution is 2.39. The maximum absolute atomic E-state index is 14.7. The minimum absolute atomic E-state index is 0.162. The van der Waals surface area contributed by atoms with Crippen molar-refractivity contribution in [1.82, 2.24) is 0 Å². The largest absolute Gasteiger partial charge is 0.491 e. The van der Waals surface area contributed by atoms with E-state index in [0.29, 0.717) is 16.7 Å². The lowest BCUT2D eigenvalue weighted by molar-refractivity contribution is 0.358. The molecule has 1 aromatic heterocycles. The van der Waals surface area contributed by atoms with Gasteiger partial charge in [-0.2, -0.15) is 4.39 Å². The Kier molecular flexibility index (Phi) is 4.20. The molecule has 0 saturated carbocycles. The summed E-state index contributed by atoms with van der Waals surface area (Å²) in [6.45, 7) is 0. The number of rotatable bonds is 3. The second-order valence-corrected chi connectivity index (χ2v) is 5.95. The molecule has 0 aliphatic rings. The molecule has 3 aromatic carbocycles. The predicted octanol–water partition coefficient (Wildman–Crippen LogP) is 5.41. The second-order valence-electron chi connectivity index (χ2n) is 5.95. The van der Waals surface area contributed by atoms with Crippen LogP contribution in [0, 0.1) is 11.6 Å². The highest BCUT2D eigenvalue weighted by molar-refractivity contribution is 6.01. The van der Waals surface area contributed by atoms with Crippen LogP contribution in [0.5, 0.6) is 5.75 Å². The van der Waals surface area contributed by atoms with E-state index in [4.69, 9.17) is 9.15 Å². The van der Waals surface area contributed by atoms with Crippen molar-refractivity contribution in [1.29, 1.82) is 0 Å². The van der Waals surface area contributed by atoms with Crippen LogP contribution in [0.2, 0.25) is 0 Å². The van der Waals surface area contributed by atoms with Crippen molar-refractivity contribution in [2.45, 2.75) is 0 Å². The minimum atomic E-state index is -1.04. The van der Waals surface area contributed by atoms with E-state index in [0.717, 1.165) is 13.2 Å². The van der Waals surface area contributed by atoms with Gasteiger partial charge < -0.3 is 9.15 Å². The zero-order chi connectivity index (χ0) is 19.0. The van der Waals surface area contributed by atoms with Gasteiger partial charge in [-0.05, 0) is 17.2 Å². The maximum Gasteiger partial charge on any atom is 0.344 e. The standard InChI is InChI=1S/C22H14F2O3/c1-26-21-16(23)12-15-17(13-8-4-2-5-9-13)18(14-10-6-3-7-11-14)22(25)27-20(15)19(21)24/h2-12H,1H3. The Bertz CT molecular complexity index is 1180. The van der Waals surface area contributed by atoms with Crippen molar-refractivity contribution < 1.29 is 17.9 Å². The van der Waals surface area contributed by atoms with Gasteiger partial charge in [0, 0.05) is 10.9 Å². The summed E-state index contributed by atoms with van der Waals surface area (Å²) in [7, 11) is 1.15. The van der Waals surface area contributed by atoms with E-state index in [9.17, 15) is 13.6 Å². The number of methoxy groups -OCH3 is 1. The number of fused-ring (bicyclic) bond motifs is 1. The lowest BCUT2D eigenvalue weighted by atomic mass is 9.93. The highest BCUT2D eigenvalue weighted by Gasteiger charge is 2.24. The minimum Gasteiger partial charge on any atom is -0.491 e. The predicted molar refractivity (Wildman–Crippen MR) is 99.8 cm³/mol. The summed E-state index contributed by atoms with van der Waals surface area (Å²) in [5, 5.41) is 0.162. The first-order valence-corrected chi connectivity index (χ1v) is 8.25. The van der Waals surface area contributed by atoms with E-state index in [1.807, 2.05) is 12.1 Å². The monoisotopic (exact) mass is 364 g/mol. The maximum atomic E-state index is 14.7. The van der Waals surface area contributed by atoms with Crippen molar-refractivity contribution >= 4 is 11.0 Å². The molecule has 0 radical (unpaired) electrons. The average Bonchev–Trinajstić information content (AvgIpc) is 2.69. The van der Waals surface area contributed by atoms with Gasteiger partial charge in [-0.1, -0.05) is 60.7 Å². The number of benzene rings is 3. The van der Waals surface area contributed by atoms with Crippen LogP contribution in [0.15, 0.2) is 75.9 Å². The fourth-order valence-electron chi connectivity index (χ4n) is 3.21. The summed E-state index contributed by atoms with van der Waals surface area (Å²) >= 11 is 0. The zero-order valence-corrected chi connectivity index (χ0v) is 14.3. The lowest BCUT2D eigenvalue weighted by Crippen LogP contribution is -2.08. The first kappa shape index (κ1) is 17.0. The van der Waals surface area contributed by atoms with Crippen LogP contribution >= 0.6 is 0 Å². The van der Waals surface area contributed by atoms with E-state index in [2.05, 4.69) is 0 Å². The molecule has 0 unspecified atom stereocenters. The molecule has 5 heteroatoms. The third kappa shape index (κ3) is 2.77. The van der Waals surface area contributed by atoms with E-state index in [1.165, 1.54) is 0 Å². The number of hydrogen-bond acceptors (Lipinski definition) is 3. The van der Waals surface area contributed by atoms with Gasteiger partial charge in [0.2, 0.25) is 5.82 Å².